The molecule has 100 valence electrons. The smallest absolute Gasteiger partial charge is 0.305 e. The zero-order valence-electron chi connectivity index (χ0n) is 9.88. The average molecular weight is 299 g/mol. The number of rotatable bonds is 4. The number of aromatic nitrogens is 1. The van der Waals surface area contributed by atoms with Gasteiger partial charge in [0.1, 0.15) is 0 Å². The minimum atomic E-state index is -0.940. The minimum Gasteiger partial charge on any atom is -0.481 e. The van der Waals surface area contributed by atoms with Gasteiger partial charge < -0.3 is 15.4 Å². The lowest BCUT2D eigenvalue weighted by Crippen LogP contribution is -2.18. The van der Waals surface area contributed by atoms with Crippen LogP contribution in [0.25, 0.3) is 5.69 Å². The molecule has 6 heteroatoms. The maximum atomic E-state index is 10.7. The van der Waals surface area contributed by atoms with E-state index in [0.29, 0.717) is 15.7 Å². The third-order valence-corrected chi connectivity index (χ3v) is 3.12. The summed E-state index contributed by atoms with van der Waals surface area (Å²) in [6.45, 7) is 0. The Hall–Kier alpha value is -1.49. The van der Waals surface area contributed by atoms with E-state index in [1.54, 1.807) is 41.1 Å². The highest BCUT2D eigenvalue weighted by molar-refractivity contribution is 6.34. The molecule has 0 aliphatic heterocycles. The highest BCUT2D eigenvalue weighted by Gasteiger charge is 2.15. The summed E-state index contributed by atoms with van der Waals surface area (Å²) in [5.41, 5.74) is 7.33. The highest BCUT2D eigenvalue weighted by atomic mass is 35.5. The quantitative estimate of drug-likeness (QED) is 0.910. The largest absolute Gasteiger partial charge is 0.481 e. The summed E-state index contributed by atoms with van der Waals surface area (Å²) in [6.07, 6.45) is 1.65. The Morgan fingerprint density at radius 1 is 1.32 bits per heavy atom. The average Bonchev–Trinajstić information content (AvgIpc) is 2.75. The minimum absolute atomic E-state index is 0.141. The van der Waals surface area contributed by atoms with Gasteiger partial charge in [-0.2, -0.15) is 0 Å². The summed E-state index contributed by atoms with van der Waals surface area (Å²) in [7, 11) is 0. The first-order chi connectivity index (χ1) is 8.97. The van der Waals surface area contributed by atoms with Gasteiger partial charge in [0.25, 0.3) is 0 Å². The van der Waals surface area contributed by atoms with E-state index in [0.717, 1.165) is 5.69 Å². The standard InChI is InChI=1S/C13H12Cl2N2O2/c14-8-4-9(15)6-10(5-8)17-3-1-2-12(17)11(16)7-13(18)19/h1-6,11H,7,16H2,(H,18,19). The molecule has 1 unspecified atom stereocenters. The molecule has 3 N–H and O–H groups in total. The number of benzene rings is 1. The maximum Gasteiger partial charge on any atom is 0.305 e. The van der Waals surface area contributed by atoms with Gasteiger partial charge in [-0.15, -0.1) is 0 Å². The molecule has 0 bridgehead atoms. The van der Waals surface area contributed by atoms with Gasteiger partial charge in [-0.1, -0.05) is 23.2 Å². The van der Waals surface area contributed by atoms with E-state index in [-0.39, 0.29) is 6.42 Å². The maximum absolute atomic E-state index is 10.7. The summed E-state index contributed by atoms with van der Waals surface area (Å²) in [4.78, 5) is 10.7. The van der Waals surface area contributed by atoms with Crippen LogP contribution in [0.3, 0.4) is 0 Å². The fourth-order valence-electron chi connectivity index (χ4n) is 1.90. The Kier molecular flexibility index (Phi) is 4.14. The van der Waals surface area contributed by atoms with Crippen LogP contribution in [0.15, 0.2) is 36.5 Å². The molecule has 1 aromatic carbocycles. The van der Waals surface area contributed by atoms with Gasteiger partial charge in [-0.25, -0.2) is 0 Å². The number of carboxylic acids is 1. The van der Waals surface area contributed by atoms with Crippen molar-refractivity contribution in [3.8, 4) is 5.69 Å². The van der Waals surface area contributed by atoms with Gasteiger partial charge in [0.15, 0.2) is 0 Å². The SMILES string of the molecule is NC(CC(=O)O)c1cccn1-c1cc(Cl)cc(Cl)c1. The molecular weight excluding hydrogens is 287 g/mol. The van der Waals surface area contributed by atoms with Crippen LogP contribution in [-0.2, 0) is 4.79 Å². The second kappa shape index (κ2) is 5.65. The summed E-state index contributed by atoms with van der Waals surface area (Å²) < 4.78 is 1.78. The number of carbonyl (C=O) groups is 1. The van der Waals surface area contributed by atoms with Crippen molar-refractivity contribution in [2.75, 3.05) is 0 Å². The molecule has 0 aliphatic rings. The Bertz CT molecular complexity index is 590. The molecule has 19 heavy (non-hydrogen) atoms. The van der Waals surface area contributed by atoms with E-state index in [2.05, 4.69) is 0 Å². The van der Waals surface area contributed by atoms with Crippen molar-refractivity contribution in [1.82, 2.24) is 4.57 Å². The number of aliphatic carboxylic acids is 1. The van der Waals surface area contributed by atoms with Crippen LogP contribution in [0.5, 0.6) is 0 Å². The molecule has 0 radical (unpaired) electrons. The zero-order chi connectivity index (χ0) is 14.0. The molecule has 0 amide bonds. The first kappa shape index (κ1) is 13.9. The van der Waals surface area contributed by atoms with Crippen molar-refractivity contribution in [2.45, 2.75) is 12.5 Å². The van der Waals surface area contributed by atoms with E-state index in [4.69, 9.17) is 34.0 Å². The fraction of sp³-hybridized carbons (Fsp3) is 0.154. The predicted molar refractivity (Wildman–Crippen MR) is 75.0 cm³/mol. The van der Waals surface area contributed by atoms with Crippen LogP contribution in [-0.4, -0.2) is 15.6 Å². The van der Waals surface area contributed by atoms with Crippen LogP contribution in [0.4, 0.5) is 0 Å². The molecule has 1 aromatic heterocycles. The summed E-state index contributed by atoms with van der Waals surface area (Å²) in [5.74, 6) is -0.940. The number of halogens is 2. The molecular formula is C13H12Cl2N2O2. The van der Waals surface area contributed by atoms with E-state index in [1.165, 1.54) is 0 Å². The van der Waals surface area contributed by atoms with Crippen molar-refractivity contribution in [1.29, 1.82) is 0 Å². The number of carboxylic acid groups (broad SMARTS) is 1. The van der Waals surface area contributed by atoms with Crippen LogP contribution >= 0.6 is 23.2 Å². The van der Waals surface area contributed by atoms with Gasteiger partial charge in [-0.05, 0) is 30.3 Å². The van der Waals surface area contributed by atoms with Crippen LogP contribution in [0, 0.1) is 0 Å². The third kappa shape index (κ3) is 3.29. The van der Waals surface area contributed by atoms with E-state index < -0.39 is 12.0 Å². The lowest BCUT2D eigenvalue weighted by Gasteiger charge is -2.14. The fourth-order valence-corrected chi connectivity index (χ4v) is 2.42. The number of hydrogen-bond acceptors (Lipinski definition) is 2. The molecule has 4 nitrogen and oxygen atoms in total. The number of nitrogens with two attached hydrogens (primary N) is 1. The lowest BCUT2D eigenvalue weighted by molar-refractivity contribution is -0.137. The number of hydrogen-bond donors (Lipinski definition) is 2. The molecule has 0 spiro atoms. The van der Waals surface area contributed by atoms with Crippen molar-refractivity contribution in [3.05, 3.63) is 52.3 Å². The van der Waals surface area contributed by atoms with E-state index >= 15 is 0 Å². The van der Waals surface area contributed by atoms with Crippen molar-refractivity contribution in [3.63, 3.8) is 0 Å². The van der Waals surface area contributed by atoms with Crippen LogP contribution in [0.2, 0.25) is 10.0 Å². The summed E-state index contributed by atoms with van der Waals surface area (Å²) in [6, 6.07) is 8.10. The van der Waals surface area contributed by atoms with Gasteiger partial charge in [0, 0.05) is 27.6 Å². The molecule has 2 rings (SSSR count). The van der Waals surface area contributed by atoms with Gasteiger partial charge >= 0.3 is 5.97 Å². The summed E-state index contributed by atoms with van der Waals surface area (Å²) in [5, 5.41) is 9.82. The van der Waals surface area contributed by atoms with Gasteiger partial charge in [-0.3, -0.25) is 4.79 Å². The second-order valence-corrected chi connectivity index (χ2v) is 5.01. The molecule has 0 saturated carbocycles. The molecule has 0 fully saturated rings. The third-order valence-electron chi connectivity index (χ3n) is 2.68. The first-order valence-corrected chi connectivity index (χ1v) is 6.34. The molecule has 0 aliphatic carbocycles. The first-order valence-electron chi connectivity index (χ1n) is 5.58. The Morgan fingerprint density at radius 3 is 2.53 bits per heavy atom. The molecule has 0 saturated heterocycles. The Morgan fingerprint density at radius 2 is 1.95 bits per heavy atom. The topological polar surface area (TPSA) is 68.2 Å². The van der Waals surface area contributed by atoms with Crippen LogP contribution < -0.4 is 5.73 Å². The summed E-state index contributed by atoms with van der Waals surface area (Å²) >= 11 is 11.9. The predicted octanol–water partition coefficient (Wildman–Crippen LogP) is 3.26. The Balaban J connectivity index is 2.41. The van der Waals surface area contributed by atoms with Crippen molar-refractivity contribution in [2.24, 2.45) is 5.73 Å². The van der Waals surface area contributed by atoms with Gasteiger partial charge in [0.2, 0.25) is 0 Å². The van der Waals surface area contributed by atoms with E-state index in [1.807, 2.05) is 0 Å². The van der Waals surface area contributed by atoms with E-state index in [9.17, 15) is 4.79 Å². The monoisotopic (exact) mass is 298 g/mol. The van der Waals surface area contributed by atoms with Crippen molar-refractivity contribution >= 4 is 29.2 Å². The normalized spacial score (nSPS) is 12.4. The van der Waals surface area contributed by atoms with Gasteiger partial charge in [0.05, 0.1) is 12.5 Å². The molecule has 1 atom stereocenters. The van der Waals surface area contributed by atoms with Crippen LogP contribution in [0.1, 0.15) is 18.2 Å². The highest BCUT2D eigenvalue weighted by Crippen LogP contribution is 2.25. The van der Waals surface area contributed by atoms with Crippen molar-refractivity contribution < 1.29 is 9.90 Å². The molecule has 2 aromatic rings. The lowest BCUT2D eigenvalue weighted by atomic mass is 10.1. The Labute approximate surface area is 120 Å². The zero-order valence-corrected chi connectivity index (χ0v) is 11.4. The number of nitrogens with zero attached hydrogens (tertiary/aromatic N) is 1. The molecule has 1 heterocycles. The second-order valence-electron chi connectivity index (χ2n) is 4.14.